The van der Waals surface area contributed by atoms with Gasteiger partial charge >= 0.3 is 0 Å². The van der Waals surface area contributed by atoms with E-state index in [0.29, 0.717) is 0 Å². The molecule has 1 aromatic carbocycles. The molecule has 17 heavy (non-hydrogen) atoms. The lowest BCUT2D eigenvalue weighted by Crippen LogP contribution is -2.36. The summed E-state index contributed by atoms with van der Waals surface area (Å²) in [4.78, 5) is 2.36. The zero-order valence-electron chi connectivity index (χ0n) is 11.7. The molecule has 2 N–H and O–H groups in total. The van der Waals surface area contributed by atoms with Gasteiger partial charge in [-0.1, -0.05) is 24.3 Å². The Morgan fingerprint density at radius 1 is 1.18 bits per heavy atom. The molecule has 0 radical (unpaired) electrons. The van der Waals surface area contributed by atoms with Crippen molar-refractivity contribution in [3.8, 4) is 0 Å². The summed E-state index contributed by atoms with van der Waals surface area (Å²) < 4.78 is 0. The fourth-order valence-corrected chi connectivity index (χ4v) is 1.79. The number of nitrogens with zero attached hydrogens (tertiary/aromatic N) is 1. The van der Waals surface area contributed by atoms with Crippen molar-refractivity contribution in [2.24, 2.45) is 5.73 Å². The van der Waals surface area contributed by atoms with E-state index in [1.807, 2.05) is 0 Å². The maximum absolute atomic E-state index is 5.99. The van der Waals surface area contributed by atoms with E-state index in [9.17, 15) is 0 Å². The highest BCUT2D eigenvalue weighted by Crippen LogP contribution is 2.09. The zero-order valence-corrected chi connectivity index (χ0v) is 11.7. The number of rotatable bonds is 6. The molecule has 1 rings (SSSR count). The van der Waals surface area contributed by atoms with Gasteiger partial charge in [0.25, 0.3) is 0 Å². The molecule has 0 spiro atoms. The van der Waals surface area contributed by atoms with Crippen LogP contribution in [0.1, 0.15) is 31.4 Å². The highest BCUT2D eigenvalue weighted by Gasteiger charge is 2.11. The first kappa shape index (κ1) is 14.2. The second-order valence-corrected chi connectivity index (χ2v) is 5.72. The monoisotopic (exact) mass is 234 g/mol. The summed E-state index contributed by atoms with van der Waals surface area (Å²) in [5.74, 6) is 0. The molecule has 2 nitrogen and oxygen atoms in total. The van der Waals surface area contributed by atoms with E-state index in [1.54, 1.807) is 0 Å². The molecule has 0 atom stereocenters. The number of hydrogen-bond donors (Lipinski definition) is 1. The average molecular weight is 234 g/mol. The standard InChI is InChI=1S/C15H26N2/c1-13-7-5-6-8-14(13)9-11-17(4)12-10-15(2,3)16/h5-8H,9-12,16H2,1-4H3. The summed E-state index contributed by atoms with van der Waals surface area (Å²) in [6, 6.07) is 8.61. The van der Waals surface area contributed by atoms with E-state index < -0.39 is 0 Å². The molecule has 0 aliphatic carbocycles. The predicted molar refractivity (Wildman–Crippen MR) is 75.3 cm³/mol. The van der Waals surface area contributed by atoms with Crippen molar-refractivity contribution in [1.29, 1.82) is 0 Å². The van der Waals surface area contributed by atoms with Crippen molar-refractivity contribution in [1.82, 2.24) is 4.90 Å². The molecule has 0 aromatic heterocycles. The normalized spacial score (nSPS) is 12.1. The smallest absolute Gasteiger partial charge is 0.0109 e. The SMILES string of the molecule is Cc1ccccc1CCN(C)CCC(C)(C)N. The lowest BCUT2D eigenvalue weighted by atomic mass is 10.0. The second kappa shape index (κ2) is 6.18. The first-order valence-electron chi connectivity index (χ1n) is 6.40. The Balaban J connectivity index is 2.34. The van der Waals surface area contributed by atoms with Gasteiger partial charge in [0.05, 0.1) is 0 Å². The van der Waals surface area contributed by atoms with Crippen LogP contribution < -0.4 is 5.73 Å². The van der Waals surface area contributed by atoms with Gasteiger partial charge in [-0.25, -0.2) is 0 Å². The lowest BCUT2D eigenvalue weighted by molar-refractivity contribution is 0.298. The Morgan fingerprint density at radius 2 is 1.82 bits per heavy atom. The summed E-state index contributed by atoms with van der Waals surface area (Å²) in [7, 11) is 2.17. The molecule has 0 saturated carbocycles. The highest BCUT2D eigenvalue weighted by molar-refractivity contribution is 5.25. The third kappa shape index (κ3) is 5.85. The molecular formula is C15H26N2. The Hall–Kier alpha value is -0.860. The van der Waals surface area contributed by atoms with Crippen molar-refractivity contribution in [2.75, 3.05) is 20.1 Å². The van der Waals surface area contributed by atoms with Gasteiger partial charge in [-0.2, -0.15) is 0 Å². The van der Waals surface area contributed by atoms with Gasteiger partial charge in [-0.05, 0) is 58.3 Å². The molecule has 1 aromatic rings. The second-order valence-electron chi connectivity index (χ2n) is 5.72. The maximum Gasteiger partial charge on any atom is 0.0109 e. The molecule has 0 amide bonds. The molecule has 0 fully saturated rings. The molecule has 0 bridgehead atoms. The van der Waals surface area contributed by atoms with Gasteiger partial charge < -0.3 is 10.6 Å². The topological polar surface area (TPSA) is 29.3 Å². The summed E-state index contributed by atoms with van der Waals surface area (Å²) >= 11 is 0. The maximum atomic E-state index is 5.99. The van der Waals surface area contributed by atoms with E-state index in [-0.39, 0.29) is 5.54 Å². The number of hydrogen-bond acceptors (Lipinski definition) is 2. The number of aryl methyl sites for hydroxylation is 1. The molecule has 96 valence electrons. The van der Waals surface area contributed by atoms with Crippen LogP contribution in [-0.2, 0) is 6.42 Å². The first-order valence-corrected chi connectivity index (χ1v) is 6.40. The molecule has 0 heterocycles. The van der Waals surface area contributed by atoms with Crippen LogP contribution in [0.5, 0.6) is 0 Å². The molecule has 0 unspecified atom stereocenters. The van der Waals surface area contributed by atoms with E-state index in [0.717, 1.165) is 25.9 Å². The summed E-state index contributed by atoms with van der Waals surface area (Å²) in [6.07, 6.45) is 2.16. The minimum absolute atomic E-state index is 0.0586. The van der Waals surface area contributed by atoms with Gasteiger partial charge in [0.1, 0.15) is 0 Å². The van der Waals surface area contributed by atoms with Crippen molar-refractivity contribution >= 4 is 0 Å². The van der Waals surface area contributed by atoms with Crippen LogP contribution >= 0.6 is 0 Å². The number of benzene rings is 1. The predicted octanol–water partition coefficient (Wildman–Crippen LogP) is 2.60. The van der Waals surface area contributed by atoms with Gasteiger partial charge in [-0.15, -0.1) is 0 Å². The fraction of sp³-hybridized carbons (Fsp3) is 0.600. The van der Waals surface area contributed by atoms with Crippen molar-refractivity contribution in [2.45, 2.75) is 39.2 Å². The Kier molecular flexibility index (Phi) is 5.16. The van der Waals surface area contributed by atoms with Crippen LogP contribution in [0.2, 0.25) is 0 Å². The van der Waals surface area contributed by atoms with E-state index in [2.05, 4.69) is 57.0 Å². The molecular weight excluding hydrogens is 208 g/mol. The minimum Gasteiger partial charge on any atom is -0.326 e. The molecule has 2 heteroatoms. The van der Waals surface area contributed by atoms with Gasteiger partial charge in [-0.3, -0.25) is 0 Å². The van der Waals surface area contributed by atoms with Crippen LogP contribution in [-0.4, -0.2) is 30.6 Å². The van der Waals surface area contributed by atoms with Crippen LogP contribution in [0.4, 0.5) is 0 Å². The van der Waals surface area contributed by atoms with Gasteiger partial charge in [0.2, 0.25) is 0 Å². The van der Waals surface area contributed by atoms with Crippen molar-refractivity contribution < 1.29 is 0 Å². The molecule has 0 saturated heterocycles. The highest BCUT2D eigenvalue weighted by atomic mass is 15.1. The summed E-state index contributed by atoms with van der Waals surface area (Å²) in [6.45, 7) is 8.51. The first-order chi connectivity index (χ1) is 7.88. The third-order valence-corrected chi connectivity index (χ3v) is 3.16. The van der Waals surface area contributed by atoms with E-state index in [1.165, 1.54) is 11.1 Å². The molecule has 0 aliphatic heterocycles. The van der Waals surface area contributed by atoms with Crippen LogP contribution in [0.15, 0.2) is 24.3 Å². The average Bonchev–Trinajstić information content (AvgIpc) is 2.24. The van der Waals surface area contributed by atoms with Crippen LogP contribution in [0, 0.1) is 6.92 Å². The summed E-state index contributed by atoms with van der Waals surface area (Å²) in [5.41, 5.74) is 8.77. The number of likely N-dealkylation sites (N-methyl/N-ethyl adjacent to an activating group) is 1. The van der Waals surface area contributed by atoms with E-state index in [4.69, 9.17) is 5.73 Å². The molecule has 0 aliphatic rings. The minimum atomic E-state index is -0.0586. The Bertz CT molecular complexity index is 339. The number of nitrogens with two attached hydrogens (primary N) is 1. The van der Waals surface area contributed by atoms with Gasteiger partial charge in [0.15, 0.2) is 0 Å². The van der Waals surface area contributed by atoms with Crippen molar-refractivity contribution in [3.63, 3.8) is 0 Å². The van der Waals surface area contributed by atoms with E-state index >= 15 is 0 Å². The Morgan fingerprint density at radius 3 is 2.41 bits per heavy atom. The fourth-order valence-electron chi connectivity index (χ4n) is 1.79. The summed E-state index contributed by atoms with van der Waals surface area (Å²) in [5, 5.41) is 0. The largest absolute Gasteiger partial charge is 0.326 e. The van der Waals surface area contributed by atoms with Crippen LogP contribution in [0.3, 0.4) is 0 Å². The Labute approximate surface area is 106 Å². The van der Waals surface area contributed by atoms with Crippen LogP contribution in [0.25, 0.3) is 0 Å². The lowest BCUT2D eigenvalue weighted by Gasteiger charge is -2.23. The third-order valence-electron chi connectivity index (χ3n) is 3.16. The van der Waals surface area contributed by atoms with Gasteiger partial charge in [0, 0.05) is 12.1 Å². The zero-order chi connectivity index (χ0) is 12.9. The van der Waals surface area contributed by atoms with Crippen molar-refractivity contribution in [3.05, 3.63) is 35.4 Å². The quantitative estimate of drug-likeness (QED) is 0.820.